The number of aliphatic hydroxyl groups excluding tert-OH is 1. The van der Waals surface area contributed by atoms with E-state index in [1.807, 2.05) is 12.3 Å². The lowest BCUT2D eigenvalue weighted by atomic mass is 10.2. The van der Waals surface area contributed by atoms with E-state index in [2.05, 4.69) is 10.4 Å². The van der Waals surface area contributed by atoms with E-state index in [1.165, 1.54) is 6.42 Å². The first-order valence-corrected chi connectivity index (χ1v) is 6.89. The lowest BCUT2D eigenvalue weighted by Crippen LogP contribution is -2.42. The maximum Gasteiger partial charge on any atom is 0.224 e. The van der Waals surface area contributed by atoms with Gasteiger partial charge in [-0.1, -0.05) is 0 Å². The van der Waals surface area contributed by atoms with Gasteiger partial charge in [0.25, 0.3) is 0 Å². The number of nitrogens with zero attached hydrogens (tertiary/aromatic N) is 3. The Morgan fingerprint density at radius 3 is 3.11 bits per heavy atom. The Labute approximate surface area is 113 Å². The lowest BCUT2D eigenvalue weighted by Gasteiger charge is -2.25. The first-order chi connectivity index (χ1) is 9.29. The SMILES string of the molecule is O=C(CCn1cccn1)N(CCO)CC1CCCN1. The number of aliphatic hydroxyl groups is 1. The molecule has 1 aromatic heterocycles. The average molecular weight is 266 g/mol. The molecule has 19 heavy (non-hydrogen) atoms. The zero-order valence-corrected chi connectivity index (χ0v) is 11.2. The highest BCUT2D eigenvalue weighted by Crippen LogP contribution is 2.08. The van der Waals surface area contributed by atoms with Crippen LogP contribution in [0.5, 0.6) is 0 Å². The molecule has 0 aromatic carbocycles. The van der Waals surface area contributed by atoms with Gasteiger partial charge in [0.15, 0.2) is 0 Å². The van der Waals surface area contributed by atoms with E-state index in [0.717, 1.165) is 13.0 Å². The van der Waals surface area contributed by atoms with Gasteiger partial charge >= 0.3 is 0 Å². The molecule has 1 aliphatic rings. The van der Waals surface area contributed by atoms with Gasteiger partial charge in [-0.2, -0.15) is 5.10 Å². The van der Waals surface area contributed by atoms with Crippen molar-refractivity contribution in [1.29, 1.82) is 0 Å². The predicted octanol–water partition coefficient (Wildman–Crippen LogP) is -0.154. The Hall–Kier alpha value is -1.40. The zero-order chi connectivity index (χ0) is 13.5. The van der Waals surface area contributed by atoms with Crippen molar-refractivity contribution >= 4 is 5.91 Å². The average Bonchev–Trinajstić information content (AvgIpc) is 3.08. The van der Waals surface area contributed by atoms with Crippen LogP contribution in [0.3, 0.4) is 0 Å². The number of aromatic nitrogens is 2. The Bertz CT molecular complexity index is 374. The van der Waals surface area contributed by atoms with Gasteiger partial charge in [0.05, 0.1) is 6.61 Å². The summed E-state index contributed by atoms with van der Waals surface area (Å²) in [6.45, 7) is 2.74. The maximum absolute atomic E-state index is 12.2. The molecule has 1 saturated heterocycles. The topological polar surface area (TPSA) is 70.4 Å². The first kappa shape index (κ1) is 14.0. The summed E-state index contributed by atoms with van der Waals surface area (Å²) in [5, 5.41) is 16.5. The largest absolute Gasteiger partial charge is 0.395 e. The molecular weight excluding hydrogens is 244 g/mol. The van der Waals surface area contributed by atoms with Crippen LogP contribution in [0.2, 0.25) is 0 Å². The van der Waals surface area contributed by atoms with Gasteiger partial charge in [-0.25, -0.2) is 0 Å². The summed E-state index contributed by atoms with van der Waals surface area (Å²) in [7, 11) is 0. The number of rotatable bonds is 7. The number of nitrogens with one attached hydrogen (secondary N) is 1. The van der Waals surface area contributed by atoms with Gasteiger partial charge in [-0.15, -0.1) is 0 Å². The molecule has 106 valence electrons. The van der Waals surface area contributed by atoms with Crippen LogP contribution in [-0.4, -0.2) is 58.0 Å². The highest BCUT2D eigenvalue weighted by atomic mass is 16.3. The van der Waals surface area contributed by atoms with E-state index in [4.69, 9.17) is 5.11 Å². The molecule has 0 spiro atoms. The first-order valence-electron chi connectivity index (χ1n) is 6.89. The molecule has 0 aliphatic carbocycles. The van der Waals surface area contributed by atoms with Crippen molar-refractivity contribution in [2.45, 2.75) is 31.8 Å². The van der Waals surface area contributed by atoms with Crippen molar-refractivity contribution in [2.24, 2.45) is 0 Å². The van der Waals surface area contributed by atoms with Crippen molar-refractivity contribution in [3.63, 3.8) is 0 Å². The van der Waals surface area contributed by atoms with Gasteiger partial charge in [-0.3, -0.25) is 9.48 Å². The van der Waals surface area contributed by atoms with Crippen molar-refractivity contribution in [2.75, 3.05) is 26.2 Å². The second-order valence-electron chi connectivity index (χ2n) is 4.88. The Balaban J connectivity index is 1.80. The van der Waals surface area contributed by atoms with Gasteiger partial charge in [0.2, 0.25) is 5.91 Å². The molecule has 1 amide bonds. The fourth-order valence-electron chi connectivity index (χ4n) is 2.42. The monoisotopic (exact) mass is 266 g/mol. The van der Waals surface area contributed by atoms with Crippen molar-refractivity contribution < 1.29 is 9.90 Å². The molecule has 0 saturated carbocycles. The smallest absolute Gasteiger partial charge is 0.224 e. The maximum atomic E-state index is 12.2. The van der Waals surface area contributed by atoms with Crippen LogP contribution in [0, 0.1) is 0 Å². The summed E-state index contributed by atoms with van der Waals surface area (Å²) in [6, 6.07) is 2.22. The third kappa shape index (κ3) is 4.33. The molecule has 0 bridgehead atoms. The van der Waals surface area contributed by atoms with Gasteiger partial charge < -0.3 is 15.3 Å². The van der Waals surface area contributed by atoms with Crippen LogP contribution >= 0.6 is 0 Å². The second kappa shape index (κ2) is 7.25. The number of amides is 1. The Kier molecular flexibility index (Phi) is 5.35. The summed E-state index contributed by atoms with van der Waals surface area (Å²) in [5.41, 5.74) is 0. The number of carbonyl (C=O) groups is 1. The summed E-state index contributed by atoms with van der Waals surface area (Å²) in [5.74, 6) is 0.0817. The van der Waals surface area contributed by atoms with Crippen molar-refractivity contribution in [3.05, 3.63) is 18.5 Å². The number of hydrogen-bond donors (Lipinski definition) is 2. The van der Waals surface area contributed by atoms with Crippen molar-refractivity contribution in [1.82, 2.24) is 20.0 Å². The minimum Gasteiger partial charge on any atom is -0.395 e. The van der Waals surface area contributed by atoms with Gasteiger partial charge in [0.1, 0.15) is 0 Å². The molecule has 1 aromatic rings. The highest BCUT2D eigenvalue weighted by molar-refractivity contribution is 5.76. The van der Waals surface area contributed by atoms with Crippen LogP contribution in [0.1, 0.15) is 19.3 Å². The van der Waals surface area contributed by atoms with Gasteiger partial charge in [-0.05, 0) is 25.5 Å². The van der Waals surface area contributed by atoms with E-state index in [9.17, 15) is 4.79 Å². The van der Waals surface area contributed by atoms with E-state index in [-0.39, 0.29) is 12.5 Å². The second-order valence-corrected chi connectivity index (χ2v) is 4.88. The van der Waals surface area contributed by atoms with Crippen LogP contribution in [0.15, 0.2) is 18.5 Å². The molecule has 0 radical (unpaired) electrons. The van der Waals surface area contributed by atoms with E-state index >= 15 is 0 Å². The third-order valence-electron chi connectivity index (χ3n) is 3.44. The lowest BCUT2D eigenvalue weighted by molar-refractivity contribution is -0.132. The summed E-state index contributed by atoms with van der Waals surface area (Å²) >= 11 is 0. The number of hydrogen-bond acceptors (Lipinski definition) is 4. The predicted molar refractivity (Wildman–Crippen MR) is 71.5 cm³/mol. The van der Waals surface area contributed by atoms with Crippen molar-refractivity contribution in [3.8, 4) is 0 Å². The molecule has 1 unspecified atom stereocenters. The van der Waals surface area contributed by atoms with E-state index in [0.29, 0.717) is 32.1 Å². The highest BCUT2D eigenvalue weighted by Gasteiger charge is 2.20. The molecule has 1 atom stereocenters. The third-order valence-corrected chi connectivity index (χ3v) is 3.44. The molecule has 1 aliphatic heterocycles. The molecule has 1 fully saturated rings. The zero-order valence-electron chi connectivity index (χ0n) is 11.2. The summed E-state index contributed by atoms with van der Waals surface area (Å²) < 4.78 is 1.75. The molecule has 2 rings (SSSR count). The van der Waals surface area contributed by atoms with Crippen LogP contribution in [0.4, 0.5) is 0 Å². The minimum absolute atomic E-state index is 0.0141. The van der Waals surface area contributed by atoms with Crippen LogP contribution < -0.4 is 5.32 Å². The fraction of sp³-hybridized carbons (Fsp3) is 0.692. The molecule has 2 N–H and O–H groups in total. The number of carbonyl (C=O) groups excluding carboxylic acids is 1. The molecule has 2 heterocycles. The van der Waals surface area contributed by atoms with Gasteiger partial charge in [0, 0.05) is 44.5 Å². The summed E-state index contributed by atoms with van der Waals surface area (Å²) in [6.07, 6.45) is 6.25. The Morgan fingerprint density at radius 2 is 2.47 bits per heavy atom. The summed E-state index contributed by atoms with van der Waals surface area (Å²) in [4.78, 5) is 13.9. The minimum atomic E-state index is 0.0141. The Morgan fingerprint density at radius 1 is 1.58 bits per heavy atom. The molecular formula is C13H22N4O2. The standard InChI is InChI=1S/C13H22N4O2/c18-10-9-16(11-12-3-1-5-14-12)13(19)4-8-17-7-2-6-15-17/h2,6-7,12,14,18H,1,3-5,8-11H2. The normalized spacial score (nSPS) is 18.7. The van der Waals surface area contributed by atoms with E-state index < -0.39 is 0 Å². The fourth-order valence-corrected chi connectivity index (χ4v) is 2.42. The quantitative estimate of drug-likeness (QED) is 0.720. The number of aryl methyl sites for hydroxylation is 1. The van der Waals surface area contributed by atoms with E-state index in [1.54, 1.807) is 15.8 Å². The molecule has 6 nitrogen and oxygen atoms in total. The van der Waals surface area contributed by atoms with Crippen LogP contribution in [0.25, 0.3) is 0 Å². The van der Waals surface area contributed by atoms with Crippen LogP contribution in [-0.2, 0) is 11.3 Å². The molecule has 6 heteroatoms.